The lowest BCUT2D eigenvalue weighted by Gasteiger charge is -2.24. The number of carbonyl (C=O) groups is 1. The summed E-state index contributed by atoms with van der Waals surface area (Å²) >= 11 is 1.72. The second-order valence-corrected chi connectivity index (χ2v) is 14.0. The van der Waals surface area contributed by atoms with E-state index in [-0.39, 0.29) is 23.4 Å². The van der Waals surface area contributed by atoms with E-state index in [1.165, 1.54) is 38.7 Å². The molecule has 1 saturated carbocycles. The molecule has 1 fully saturated rings. The number of amides is 1. The van der Waals surface area contributed by atoms with Crippen LogP contribution in [0.25, 0.3) is 32.3 Å². The quantitative estimate of drug-likeness (QED) is 0.174. The predicted octanol–water partition coefficient (Wildman–Crippen LogP) is 8.31. The van der Waals surface area contributed by atoms with Gasteiger partial charge >= 0.3 is 6.36 Å². The summed E-state index contributed by atoms with van der Waals surface area (Å²) in [5.41, 5.74) is 4.99. The average Bonchev–Trinajstić information content (AvgIpc) is 3.88. The SMILES string of the molecule is O=C(C(O)c1cccc(-c2cccc(OC(F)(F)F)c2)c1)N1CCCc2nc(C3(c4cccc(-c5csc6ccccc56)c4)CC3)[nH]c(=O)c2C1. The van der Waals surface area contributed by atoms with E-state index in [2.05, 4.69) is 51.5 Å². The van der Waals surface area contributed by atoms with Crippen LogP contribution in [0.2, 0.25) is 0 Å². The van der Waals surface area contributed by atoms with Crippen molar-refractivity contribution >= 4 is 27.3 Å². The number of aryl methyl sites for hydroxylation is 1. The van der Waals surface area contributed by atoms with E-state index in [9.17, 15) is 27.9 Å². The highest BCUT2D eigenvalue weighted by Gasteiger charge is 2.49. The Hall–Kier alpha value is -5.26. The number of aromatic amines is 1. The van der Waals surface area contributed by atoms with Crippen LogP contribution in [-0.2, 0) is 23.2 Å². The Labute approximate surface area is 295 Å². The number of ether oxygens (including phenoxy) is 1. The van der Waals surface area contributed by atoms with Gasteiger partial charge < -0.3 is 19.7 Å². The topological polar surface area (TPSA) is 95.5 Å². The molecule has 2 N–H and O–H groups in total. The van der Waals surface area contributed by atoms with Gasteiger partial charge in [0.2, 0.25) is 0 Å². The molecule has 4 aromatic carbocycles. The molecule has 258 valence electrons. The number of hydrogen-bond donors (Lipinski definition) is 2. The molecule has 7 nitrogen and oxygen atoms in total. The minimum absolute atomic E-state index is 0.00191. The second-order valence-electron chi connectivity index (χ2n) is 13.1. The van der Waals surface area contributed by atoms with Gasteiger partial charge in [-0.3, -0.25) is 9.59 Å². The van der Waals surface area contributed by atoms with Crippen LogP contribution in [0, 0.1) is 0 Å². The minimum Gasteiger partial charge on any atom is -0.406 e. The summed E-state index contributed by atoms with van der Waals surface area (Å²) in [7, 11) is 0. The molecule has 1 unspecified atom stereocenters. The fourth-order valence-electron chi connectivity index (χ4n) is 7.09. The summed E-state index contributed by atoms with van der Waals surface area (Å²) in [6, 6.07) is 28.8. The first-order chi connectivity index (χ1) is 24.6. The number of alkyl halides is 3. The third-order valence-corrected chi connectivity index (χ3v) is 10.8. The maximum atomic E-state index is 13.7. The number of carbonyl (C=O) groups excluding carboxylic acids is 1. The molecule has 8 rings (SSSR count). The number of aliphatic hydroxyl groups is 1. The fourth-order valence-corrected chi connectivity index (χ4v) is 8.06. The molecule has 0 spiro atoms. The first-order valence-electron chi connectivity index (χ1n) is 16.7. The van der Waals surface area contributed by atoms with Crippen molar-refractivity contribution in [2.45, 2.75) is 50.1 Å². The summed E-state index contributed by atoms with van der Waals surface area (Å²) in [6.45, 7) is 0.317. The Bertz CT molecular complexity index is 2350. The Morgan fingerprint density at radius 2 is 1.69 bits per heavy atom. The number of fused-ring (bicyclic) bond motifs is 2. The maximum absolute atomic E-state index is 13.7. The van der Waals surface area contributed by atoms with Crippen molar-refractivity contribution in [3.8, 4) is 28.0 Å². The number of nitrogens with zero attached hydrogens (tertiary/aromatic N) is 2. The lowest BCUT2D eigenvalue weighted by atomic mass is 9.91. The van der Waals surface area contributed by atoms with Crippen LogP contribution in [0.1, 0.15) is 53.6 Å². The standard InChI is InChI=1S/C40H32F3N3O4S/c41-40(42,43)50-29-12-5-8-25(21-29)24-7-3-10-27(19-24)35(47)37(49)46-18-6-14-33-31(22-46)36(48)45-38(44-33)39(16-17-39)28-11-4-9-26(20-28)32-23-51-34-15-2-1-13-30(32)34/h1-5,7-13,15,19-21,23,35,47H,6,14,16-18,22H2,(H,44,45,48). The molecule has 6 aromatic rings. The molecule has 2 aromatic heterocycles. The summed E-state index contributed by atoms with van der Waals surface area (Å²) in [4.78, 5) is 36.9. The van der Waals surface area contributed by atoms with Gasteiger partial charge in [0.05, 0.1) is 23.2 Å². The average molecular weight is 708 g/mol. The zero-order valence-corrected chi connectivity index (χ0v) is 28.1. The lowest BCUT2D eigenvalue weighted by Crippen LogP contribution is -2.36. The monoisotopic (exact) mass is 707 g/mol. The molecule has 0 bridgehead atoms. The summed E-state index contributed by atoms with van der Waals surface area (Å²) in [5.74, 6) is -0.311. The first-order valence-corrected chi connectivity index (χ1v) is 17.6. The van der Waals surface area contributed by atoms with Crippen molar-refractivity contribution in [3.63, 3.8) is 0 Å². The molecule has 11 heteroatoms. The van der Waals surface area contributed by atoms with E-state index in [0.29, 0.717) is 47.6 Å². The Morgan fingerprint density at radius 1 is 0.941 bits per heavy atom. The fraction of sp³-hybridized carbons (Fsp3) is 0.225. The molecule has 1 amide bonds. The van der Waals surface area contributed by atoms with Gasteiger partial charge in [-0.1, -0.05) is 72.8 Å². The van der Waals surface area contributed by atoms with Crippen LogP contribution in [0.3, 0.4) is 0 Å². The number of hydrogen-bond acceptors (Lipinski definition) is 6. The molecular formula is C40H32F3N3O4S. The lowest BCUT2D eigenvalue weighted by molar-refractivity contribution is -0.274. The number of nitrogens with one attached hydrogen (secondary N) is 1. The molecule has 0 radical (unpaired) electrons. The second kappa shape index (κ2) is 12.8. The molecule has 1 atom stereocenters. The predicted molar refractivity (Wildman–Crippen MR) is 189 cm³/mol. The third-order valence-electron chi connectivity index (χ3n) is 9.85. The van der Waals surface area contributed by atoms with Crippen molar-refractivity contribution in [1.82, 2.24) is 14.9 Å². The number of H-pyrrole nitrogens is 1. The highest BCUT2D eigenvalue weighted by molar-refractivity contribution is 7.17. The van der Waals surface area contributed by atoms with Crippen LogP contribution in [0.5, 0.6) is 5.75 Å². The van der Waals surface area contributed by atoms with Gasteiger partial charge in [-0.05, 0) is 83.1 Å². The van der Waals surface area contributed by atoms with E-state index in [0.717, 1.165) is 24.0 Å². The van der Waals surface area contributed by atoms with Gasteiger partial charge in [-0.25, -0.2) is 4.98 Å². The van der Waals surface area contributed by atoms with Crippen LogP contribution in [-0.4, -0.2) is 38.8 Å². The zero-order chi connectivity index (χ0) is 35.3. The molecule has 3 heterocycles. The number of benzene rings is 4. The van der Waals surface area contributed by atoms with Gasteiger partial charge in [0, 0.05) is 22.2 Å². The van der Waals surface area contributed by atoms with Crippen molar-refractivity contribution in [3.05, 3.63) is 141 Å². The normalized spacial score (nSPS) is 16.0. The van der Waals surface area contributed by atoms with Gasteiger partial charge in [0.1, 0.15) is 11.6 Å². The third kappa shape index (κ3) is 6.43. The van der Waals surface area contributed by atoms with Crippen LogP contribution in [0.4, 0.5) is 13.2 Å². The van der Waals surface area contributed by atoms with E-state index in [1.807, 2.05) is 12.1 Å². The van der Waals surface area contributed by atoms with E-state index in [4.69, 9.17) is 4.98 Å². The Morgan fingerprint density at radius 3 is 2.49 bits per heavy atom. The molecule has 1 aliphatic carbocycles. The van der Waals surface area contributed by atoms with Gasteiger partial charge in [0.15, 0.2) is 6.10 Å². The van der Waals surface area contributed by atoms with Gasteiger partial charge in [-0.2, -0.15) is 0 Å². The van der Waals surface area contributed by atoms with Crippen LogP contribution < -0.4 is 10.3 Å². The highest BCUT2D eigenvalue weighted by atomic mass is 32.1. The van der Waals surface area contributed by atoms with E-state index in [1.54, 1.807) is 41.7 Å². The first kappa shape index (κ1) is 32.9. The largest absolute Gasteiger partial charge is 0.573 e. The number of halogens is 3. The Balaban J connectivity index is 1.03. The van der Waals surface area contributed by atoms with Crippen molar-refractivity contribution < 1.29 is 27.8 Å². The Kier molecular flexibility index (Phi) is 8.27. The molecule has 1 aliphatic heterocycles. The zero-order valence-electron chi connectivity index (χ0n) is 27.2. The summed E-state index contributed by atoms with van der Waals surface area (Å²) in [6.07, 6.45) is -3.60. The number of aliphatic hydroxyl groups excluding tert-OH is 1. The summed E-state index contributed by atoms with van der Waals surface area (Å²) < 4.78 is 43.6. The van der Waals surface area contributed by atoms with Crippen LogP contribution >= 0.6 is 11.3 Å². The molecule has 0 saturated heterocycles. The van der Waals surface area contributed by atoms with Crippen LogP contribution in [0.15, 0.2) is 107 Å². The number of aromatic nitrogens is 2. The highest BCUT2D eigenvalue weighted by Crippen LogP contribution is 2.53. The van der Waals surface area contributed by atoms with E-state index >= 15 is 0 Å². The smallest absolute Gasteiger partial charge is 0.406 e. The number of rotatable bonds is 7. The molecule has 2 aliphatic rings. The van der Waals surface area contributed by atoms with E-state index < -0.39 is 23.8 Å². The molecular weight excluding hydrogens is 676 g/mol. The van der Waals surface area contributed by atoms with Crippen molar-refractivity contribution in [2.75, 3.05) is 6.54 Å². The number of thiophene rings is 1. The van der Waals surface area contributed by atoms with Crippen molar-refractivity contribution in [2.24, 2.45) is 0 Å². The maximum Gasteiger partial charge on any atom is 0.573 e. The van der Waals surface area contributed by atoms with Gasteiger partial charge in [-0.15, -0.1) is 24.5 Å². The minimum atomic E-state index is -4.83. The van der Waals surface area contributed by atoms with Crippen molar-refractivity contribution in [1.29, 1.82) is 0 Å². The summed E-state index contributed by atoms with van der Waals surface area (Å²) in [5, 5.41) is 14.6. The van der Waals surface area contributed by atoms with Gasteiger partial charge in [0.25, 0.3) is 11.5 Å². The molecule has 51 heavy (non-hydrogen) atoms.